The van der Waals surface area contributed by atoms with Gasteiger partial charge in [-0.05, 0) is 32.3 Å². The van der Waals surface area contributed by atoms with Gasteiger partial charge in [0.1, 0.15) is 5.52 Å². The van der Waals surface area contributed by atoms with E-state index in [4.69, 9.17) is 10.5 Å². The number of hydrogen-bond donors (Lipinski definition) is 2. The van der Waals surface area contributed by atoms with Gasteiger partial charge in [-0.25, -0.2) is 9.97 Å². The summed E-state index contributed by atoms with van der Waals surface area (Å²) in [5.74, 6) is 0.616. The summed E-state index contributed by atoms with van der Waals surface area (Å²) in [6.07, 6.45) is 21.4. The van der Waals surface area contributed by atoms with Crippen LogP contribution in [0.4, 0.5) is 5.82 Å². The van der Waals surface area contributed by atoms with Crippen molar-refractivity contribution in [1.82, 2.24) is 19.9 Å². The van der Waals surface area contributed by atoms with Gasteiger partial charge in [-0.3, -0.25) is 4.79 Å². The highest BCUT2D eigenvalue weighted by molar-refractivity contribution is 6.06. The predicted molar refractivity (Wildman–Crippen MR) is 168 cm³/mol. The molecule has 2 heterocycles. The van der Waals surface area contributed by atoms with Gasteiger partial charge in [-0.15, -0.1) is 0 Å². The number of anilines is 1. The van der Waals surface area contributed by atoms with Gasteiger partial charge in [0.2, 0.25) is 5.91 Å². The zero-order valence-electron chi connectivity index (χ0n) is 25.1. The summed E-state index contributed by atoms with van der Waals surface area (Å²) >= 11 is 0. The molecule has 0 saturated carbocycles. The van der Waals surface area contributed by atoms with E-state index in [2.05, 4.69) is 32.8 Å². The number of fused-ring (bicyclic) bond motifs is 3. The Morgan fingerprint density at radius 3 is 2.25 bits per heavy atom. The second-order valence-electron chi connectivity index (χ2n) is 11.2. The Labute approximate surface area is 241 Å². The van der Waals surface area contributed by atoms with Crippen LogP contribution in [0.3, 0.4) is 0 Å². The molecule has 7 nitrogen and oxygen atoms in total. The number of benzene rings is 1. The van der Waals surface area contributed by atoms with E-state index in [-0.39, 0.29) is 11.9 Å². The number of nitrogens with zero attached hydrogens (tertiary/aromatic N) is 3. The SMILES string of the molecule is CCCCCCCCCCCCCCCC(=O)NCCCC(COCC)n1cnc2c(N)nc3ccccc3c21. The molecule has 0 bridgehead atoms. The molecule has 222 valence electrons. The van der Waals surface area contributed by atoms with Crippen LogP contribution in [0.5, 0.6) is 0 Å². The van der Waals surface area contributed by atoms with Gasteiger partial charge in [0.15, 0.2) is 5.82 Å². The second-order valence-corrected chi connectivity index (χ2v) is 11.2. The Hall–Kier alpha value is -2.67. The van der Waals surface area contributed by atoms with E-state index < -0.39 is 0 Å². The number of imidazole rings is 1. The lowest BCUT2D eigenvalue weighted by atomic mass is 10.0. The van der Waals surface area contributed by atoms with Gasteiger partial charge in [0.25, 0.3) is 0 Å². The van der Waals surface area contributed by atoms with Crippen LogP contribution >= 0.6 is 0 Å². The molecule has 0 saturated heterocycles. The molecule has 1 atom stereocenters. The number of pyridine rings is 1. The van der Waals surface area contributed by atoms with E-state index in [9.17, 15) is 4.79 Å². The molecule has 2 aromatic heterocycles. The third-order valence-electron chi connectivity index (χ3n) is 7.89. The fraction of sp³-hybridized carbons (Fsp3) is 0.667. The number of nitrogens with two attached hydrogens (primary N) is 1. The van der Waals surface area contributed by atoms with Gasteiger partial charge < -0.3 is 20.4 Å². The molecule has 40 heavy (non-hydrogen) atoms. The number of nitrogens with one attached hydrogen (secondary N) is 1. The van der Waals surface area contributed by atoms with Gasteiger partial charge in [0.05, 0.1) is 30.0 Å². The van der Waals surface area contributed by atoms with Crippen LogP contribution in [-0.4, -0.2) is 40.2 Å². The van der Waals surface area contributed by atoms with E-state index in [1.54, 1.807) is 0 Å². The Morgan fingerprint density at radius 2 is 1.57 bits per heavy atom. The molecule has 0 aliphatic carbocycles. The zero-order valence-corrected chi connectivity index (χ0v) is 25.1. The normalized spacial score (nSPS) is 12.3. The average molecular weight is 552 g/mol. The van der Waals surface area contributed by atoms with Gasteiger partial charge >= 0.3 is 0 Å². The van der Waals surface area contributed by atoms with Crippen molar-refractivity contribution < 1.29 is 9.53 Å². The first-order chi connectivity index (χ1) is 19.7. The highest BCUT2D eigenvalue weighted by Gasteiger charge is 2.18. The molecule has 0 aliphatic rings. The molecule has 1 aromatic carbocycles. The summed E-state index contributed by atoms with van der Waals surface area (Å²) in [5, 5.41) is 4.16. The third kappa shape index (κ3) is 10.4. The van der Waals surface area contributed by atoms with Crippen molar-refractivity contribution in [2.75, 3.05) is 25.5 Å². The Kier molecular flexibility index (Phi) is 14.8. The van der Waals surface area contributed by atoms with E-state index in [1.807, 2.05) is 31.5 Å². The third-order valence-corrected chi connectivity index (χ3v) is 7.89. The first-order valence-electron chi connectivity index (χ1n) is 16.0. The lowest BCUT2D eigenvalue weighted by Crippen LogP contribution is -2.25. The fourth-order valence-corrected chi connectivity index (χ4v) is 5.56. The summed E-state index contributed by atoms with van der Waals surface area (Å²) in [4.78, 5) is 21.5. The number of hydrogen-bond acceptors (Lipinski definition) is 5. The zero-order chi connectivity index (χ0) is 28.4. The largest absolute Gasteiger partial charge is 0.382 e. The number of unbranched alkanes of at least 4 members (excludes halogenated alkanes) is 12. The Balaban J connectivity index is 1.33. The number of para-hydroxylation sites is 1. The highest BCUT2D eigenvalue weighted by Crippen LogP contribution is 2.30. The fourth-order valence-electron chi connectivity index (χ4n) is 5.56. The van der Waals surface area contributed by atoms with Crippen molar-refractivity contribution in [2.24, 2.45) is 0 Å². The van der Waals surface area contributed by atoms with E-state index in [1.165, 1.54) is 70.6 Å². The van der Waals surface area contributed by atoms with E-state index in [0.717, 1.165) is 47.6 Å². The predicted octanol–water partition coefficient (Wildman–Crippen LogP) is 8.12. The molecule has 0 fully saturated rings. The summed E-state index contributed by atoms with van der Waals surface area (Å²) in [6, 6.07) is 8.14. The molecule has 3 aromatic rings. The van der Waals surface area contributed by atoms with Crippen molar-refractivity contribution in [3.8, 4) is 0 Å². The maximum atomic E-state index is 12.4. The summed E-state index contributed by atoms with van der Waals surface area (Å²) in [6.45, 7) is 6.21. The molecular formula is C33H53N5O2. The van der Waals surface area contributed by atoms with E-state index in [0.29, 0.717) is 32.0 Å². The first kappa shape index (κ1) is 31.9. The topological polar surface area (TPSA) is 95.1 Å². The van der Waals surface area contributed by atoms with Crippen molar-refractivity contribution in [3.05, 3.63) is 30.6 Å². The molecule has 7 heteroatoms. The molecule has 0 radical (unpaired) electrons. The number of aromatic nitrogens is 3. The minimum Gasteiger partial charge on any atom is -0.382 e. The second kappa shape index (κ2) is 18.6. The molecule has 3 N–H and O–H groups in total. The van der Waals surface area contributed by atoms with Crippen LogP contribution in [0.25, 0.3) is 21.9 Å². The molecule has 1 amide bonds. The summed E-state index contributed by atoms with van der Waals surface area (Å²) in [7, 11) is 0. The number of carbonyl (C=O) groups is 1. The number of carbonyl (C=O) groups excluding carboxylic acids is 1. The quantitative estimate of drug-likeness (QED) is 0.123. The molecule has 0 aliphatic heterocycles. The number of amides is 1. The van der Waals surface area contributed by atoms with Crippen LogP contribution in [0.1, 0.15) is 123 Å². The van der Waals surface area contributed by atoms with Crippen molar-refractivity contribution in [3.63, 3.8) is 0 Å². The lowest BCUT2D eigenvalue weighted by Gasteiger charge is -2.20. The standard InChI is InChI=1S/C33H53N5O2/c1-3-5-6-7-8-9-10-11-12-13-14-15-16-23-30(39)35-24-19-20-27(25-40-4-2)38-26-36-31-32(38)28-21-17-18-22-29(28)37-33(31)34/h17-18,21-22,26-27H,3-16,19-20,23-25H2,1-2H3,(H2,34,37)(H,35,39). The van der Waals surface area contributed by atoms with Crippen molar-refractivity contribution >= 4 is 33.7 Å². The molecular weight excluding hydrogens is 498 g/mol. The van der Waals surface area contributed by atoms with Gasteiger partial charge in [0, 0.05) is 25.0 Å². The average Bonchev–Trinajstić information content (AvgIpc) is 3.41. The molecule has 1 unspecified atom stereocenters. The smallest absolute Gasteiger partial charge is 0.219 e. The minimum absolute atomic E-state index is 0.105. The Morgan fingerprint density at radius 1 is 0.925 bits per heavy atom. The van der Waals surface area contributed by atoms with Crippen molar-refractivity contribution in [1.29, 1.82) is 0 Å². The number of rotatable bonds is 22. The van der Waals surface area contributed by atoms with Crippen LogP contribution in [0, 0.1) is 0 Å². The monoisotopic (exact) mass is 551 g/mol. The minimum atomic E-state index is 0.105. The highest BCUT2D eigenvalue weighted by atomic mass is 16.5. The van der Waals surface area contributed by atoms with E-state index >= 15 is 0 Å². The number of nitrogen functional groups attached to an aromatic ring is 1. The summed E-state index contributed by atoms with van der Waals surface area (Å²) in [5.41, 5.74) is 8.83. The number of ether oxygens (including phenoxy) is 1. The van der Waals surface area contributed by atoms with Gasteiger partial charge in [-0.1, -0.05) is 102 Å². The van der Waals surface area contributed by atoms with Crippen LogP contribution in [0.15, 0.2) is 30.6 Å². The molecule has 3 rings (SSSR count). The maximum absolute atomic E-state index is 12.4. The van der Waals surface area contributed by atoms with Crippen LogP contribution in [0.2, 0.25) is 0 Å². The van der Waals surface area contributed by atoms with Crippen molar-refractivity contribution in [2.45, 2.75) is 123 Å². The van der Waals surface area contributed by atoms with Gasteiger partial charge in [-0.2, -0.15) is 0 Å². The Bertz CT molecular complexity index is 1130. The van der Waals surface area contributed by atoms with Crippen LogP contribution < -0.4 is 11.1 Å². The first-order valence-corrected chi connectivity index (χ1v) is 16.0. The maximum Gasteiger partial charge on any atom is 0.219 e. The molecule has 0 spiro atoms. The summed E-state index contributed by atoms with van der Waals surface area (Å²) < 4.78 is 8.02. The lowest BCUT2D eigenvalue weighted by molar-refractivity contribution is -0.121. The van der Waals surface area contributed by atoms with Crippen LogP contribution in [-0.2, 0) is 9.53 Å².